The molecule has 0 aromatic heterocycles. The molecule has 1 N–H and O–H groups in total. The van der Waals surface area contributed by atoms with E-state index in [9.17, 15) is 0 Å². The predicted octanol–water partition coefficient (Wildman–Crippen LogP) is 2.88. The van der Waals surface area contributed by atoms with Crippen LogP contribution in [0.25, 0.3) is 0 Å². The van der Waals surface area contributed by atoms with E-state index in [-0.39, 0.29) is 0 Å². The monoisotopic (exact) mass is 187 g/mol. The van der Waals surface area contributed by atoms with Crippen LogP contribution in [0.4, 0.5) is 0 Å². The van der Waals surface area contributed by atoms with Crippen LogP contribution in [0.5, 0.6) is 0 Å². The number of thiol groups is 1. The quantitative estimate of drug-likeness (QED) is 0.499. The lowest BCUT2D eigenvalue weighted by molar-refractivity contribution is 1.54. The van der Waals surface area contributed by atoms with Gasteiger partial charge < -0.3 is 5.41 Å². The summed E-state index contributed by atoms with van der Waals surface area (Å²) in [5.41, 5.74) is 0.874. The highest BCUT2D eigenvalue weighted by atomic mass is 35.5. The molecule has 0 saturated carbocycles. The highest BCUT2D eigenvalue weighted by molar-refractivity contribution is 7.79. The Bertz CT molecular complexity index is 208. The molecule has 60 valence electrons. The van der Waals surface area contributed by atoms with Crippen molar-refractivity contribution in [3.63, 3.8) is 0 Å². The SMILES string of the molecule is CS.N=Cc1ccc(Cl)cc1. The van der Waals surface area contributed by atoms with Crippen LogP contribution in [-0.4, -0.2) is 12.5 Å². The molecule has 0 amide bonds. The summed E-state index contributed by atoms with van der Waals surface area (Å²) in [7, 11) is 0. The van der Waals surface area contributed by atoms with Crippen molar-refractivity contribution >= 4 is 30.4 Å². The summed E-state index contributed by atoms with van der Waals surface area (Å²) in [6.07, 6.45) is 2.98. The molecule has 0 bridgehead atoms. The first kappa shape index (κ1) is 10.5. The van der Waals surface area contributed by atoms with Gasteiger partial charge in [0.25, 0.3) is 0 Å². The van der Waals surface area contributed by atoms with Gasteiger partial charge in [0.2, 0.25) is 0 Å². The summed E-state index contributed by atoms with van der Waals surface area (Å²) in [5.74, 6) is 0. The third kappa shape index (κ3) is 4.06. The summed E-state index contributed by atoms with van der Waals surface area (Å²) in [4.78, 5) is 0. The zero-order chi connectivity index (χ0) is 8.69. The highest BCUT2D eigenvalue weighted by Crippen LogP contribution is 2.07. The molecule has 1 aromatic rings. The number of nitrogens with one attached hydrogen (secondary N) is 1. The first-order valence-corrected chi connectivity index (χ1v) is 4.31. The van der Waals surface area contributed by atoms with Crippen molar-refractivity contribution < 1.29 is 0 Å². The number of rotatable bonds is 1. The lowest BCUT2D eigenvalue weighted by Crippen LogP contribution is -1.75. The van der Waals surface area contributed by atoms with Gasteiger partial charge in [-0.2, -0.15) is 12.6 Å². The molecule has 0 spiro atoms. The summed E-state index contributed by atoms with van der Waals surface area (Å²) in [6.45, 7) is 0. The lowest BCUT2D eigenvalue weighted by atomic mass is 10.2. The zero-order valence-corrected chi connectivity index (χ0v) is 7.86. The number of hydrogen-bond donors (Lipinski definition) is 2. The average molecular weight is 188 g/mol. The fourth-order valence-electron chi connectivity index (χ4n) is 0.559. The van der Waals surface area contributed by atoms with Crippen LogP contribution in [0.15, 0.2) is 24.3 Å². The van der Waals surface area contributed by atoms with Gasteiger partial charge in [-0.15, -0.1) is 0 Å². The lowest BCUT2D eigenvalue weighted by Gasteiger charge is -1.88. The van der Waals surface area contributed by atoms with Crippen molar-refractivity contribution in [3.8, 4) is 0 Å². The average Bonchev–Trinajstić information content (AvgIpc) is 2.10. The Kier molecular flexibility index (Phi) is 5.99. The minimum Gasteiger partial charge on any atom is -0.308 e. The van der Waals surface area contributed by atoms with Crippen molar-refractivity contribution in [1.82, 2.24) is 0 Å². The largest absolute Gasteiger partial charge is 0.308 e. The third-order valence-corrected chi connectivity index (χ3v) is 1.29. The van der Waals surface area contributed by atoms with Crippen molar-refractivity contribution in [1.29, 1.82) is 5.41 Å². The van der Waals surface area contributed by atoms with Crippen LogP contribution in [0, 0.1) is 5.41 Å². The van der Waals surface area contributed by atoms with Crippen LogP contribution in [0.2, 0.25) is 5.02 Å². The molecule has 3 heteroatoms. The molecule has 0 saturated heterocycles. The molecule has 0 radical (unpaired) electrons. The first-order valence-electron chi connectivity index (χ1n) is 3.03. The topological polar surface area (TPSA) is 23.9 Å². The van der Waals surface area contributed by atoms with E-state index in [1.54, 1.807) is 30.5 Å². The molecule has 1 aromatic carbocycles. The van der Waals surface area contributed by atoms with E-state index in [4.69, 9.17) is 17.0 Å². The molecule has 0 unspecified atom stereocenters. The van der Waals surface area contributed by atoms with Gasteiger partial charge in [-0.1, -0.05) is 23.7 Å². The maximum absolute atomic E-state index is 6.85. The Labute approximate surface area is 77.3 Å². The van der Waals surface area contributed by atoms with Gasteiger partial charge in [-0.25, -0.2) is 0 Å². The molecule has 0 aliphatic heterocycles. The Hall–Kier alpha value is -0.470. The fourth-order valence-corrected chi connectivity index (χ4v) is 0.685. The van der Waals surface area contributed by atoms with Gasteiger partial charge in [0.05, 0.1) is 0 Å². The van der Waals surface area contributed by atoms with Gasteiger partial charge in [-0.05, 0) is 24.0 Å². The van der Waals surface area contributed by atoms with Crippen molar-refractivity contribution in [2.24, 2.45) is 0 Å². The van der Waals surface area contributed by atoms with E-state index in [0.29, 0.717) is 5.02 Å². The number of halogens is 1. The van der Waals surface area contributed by atoms with Crippen LogP contribution in [0.1, 0.15) is 5.56 Å². The molecule has 0 aliphatic rings. The maximum atomic E-state index is 6.85. The summed E-state index contributed by atoms with van der Waals surface area (Å²) in [6, 6.07) is 7.13. The smallest absolute Gasteiger partial charge is 0.0406 e. The Balaban J connectivity index is 0.000000461. The second-order valence-corrected chi connectivity index (χ2v) is 2.13. The summed E-state index contributed by atoms with van der Waals surface area (Å²) < 4.78 is 0. The molecular weight excluding hydrogens is 178 g/mol. The van der Waals surface area contributed by atoms with E-state index >= 15 is 0 Å². The fraction of sp³-hybridized carbons (Fsp3) is 0.125. The Morgan fingerprint density at radius 3 is 2.09 bits per heavy atom. The van der Waals surface area contributed by atoms with Crippen LogP contribution in [0.3, 0.4) is 0 Å². The predicted molar refractivity (Wildman–Crippen MR) is 54.2 cm³/mol. The van der Waals surface area contributed by atoms with E-state index in [1.807, 2.05) is 0 Å². The molecular formula is C8H10ClNS. The summed E-state index contributed by atoms with van der Waals surface area (Å²) >= 11 is 9.12. The molecule has 1 rings (SSSR count). The van der Waals surface area contributed by atoms with E-state index < -0.39 is 0 Å². The van der Waals surface area contributed by atoms with Gasteiger partial charge in [0, 0.05) is 11.2 Å². The second-order valence-electron chi connectivity index (χ2n) is 1.70. The Morgan fingerprint density at radius 1 is 1.27 bits per heavy atom. The normalized spacial score (nSPS) is 7.91. The number of hydrogen-bond acceptors (Lipinski definition) is 2. The molecule has 0 heterocycles. The van der Waals surface area contributed by atoms with E-state index in [2.05, 4.69) is 12.6 Å². The summed E-state index contributed by atoms with van der Waals surface area (Å²) in [5, 5.41) is 7.55. The maximum Gasteiger partial charge on any atom is 0.0406 e. The molecule has 0 atom stereocenters. The Morgan fingerprint density at radius 2 is 1.73 bits per heavy atom. The van der Waals surface area contributed by atoms with E-state index in [1.165, 1.54) is 6.21 Å². The third-order valence-electron chi connectivity index (χ3n) is 1.04. The minimum absolute atomic E-state index is 0.709. The van der Waals surface area contributed by atoms with Crippen LogP contribution < -0.4 is 0 Å². The van der Waals surface area contributed by atoms with Gasteiger partial charge in [0.1, 0.15) is 0 Å². The number of benzene rings is 1. The first-order chi connectivity index (χ1) is 5.33. The molecule has 0 aliphatic carbocycles. The van der Waals surface area contributed by atoms with Crippen LogP contribution in [-0.2, 0) is 0 Å². The van der Waals surface area contributed by atoms with Crippen molar-refractivity contribution in [2.75, 3.05) is 6.26 Å². The van der Waals surface area contributed by atoms with Gasteiger partial charge in [0.15, 0.2) is 0 Å². The van der Waals surface area contributed by atoms with Crippen LogP contribution >= 0.6 is 24.2 Å². The standard InChI is InChI=1S/C7H6ClN.CH4S/c8-7-3-1-6(5-9)2-4-7;1-2/h1-5,9H;2H,1H3. The van der Waals surface area contributed by atoms with Gasteiger partial charge in [-0.3, -0.25) is 0 Å². The molecule has 11 heavy (non-hydrogen) atoms. The van der Waals surface area contributed by atoms with Crippen molar-refractivity contribution in [3.05, 3.63) is 34.9 Å². The molecule has 0 fully saturated rings. The second kappa shape index (κ2) is 6.25. The highest BCUT2D eigenvalue weighted by Gasteiger charge is 1.84. The van der Waals surface area contributed by atoms with Crippen molar-refractivity contribution in [2.45, 2.75) is 0 Å². The minimum atomic E-state index is 0.709. The van der Waals surface area contributed by atoms with Gasteiger partial charge >= 0.3 is 0 Å². The van der Waals surface area contributed by atoms with E-state index in [0.717, 1.165) is 5.56 Å². The zero-order valence-electron chi connectivity index (χ0n) is 6.21. The molecule has 1 nitrogen and oxygen atoms in total.